The minimum Gasteiger partial charge on any atom is -0.337 e. The number of hydrogen-bond acceptors (Lipinski definition) is 28. The normalized spacial score (nSPS) is 17.5. The third-order valence-corrected chi connectivity index (χ3v) is 25.5. The number of carbonyl (C=O) groups is 8. The van der Waals surface area contributed by atoms with E-state index in [1.807, 2.05) is 14.8 Å². The van der Waals surface area contributed by atoms with Crippen molar-refractivity contribution in [2.45, 2.75) is 157 Å². The van der Waals surface area contributed by atoms with Crippen molar-refractivity contribution in [3.8, 4) is 0 Å². The molecule has 0 spiro atoms. The summed E-state index contributed by atoms with van der Waals surface area (Å²) in [5, 5.41) is 27.4. The van der Waals surface area contributed by atoms with Crippen molar-refractivity contribution >= 4 is 178 Å². The van der Waals surface area contributed by atoms with Gasteiger partial charge in [0.25, 0.3) is 63.7 Å². The number of benzene rings is 4. The molecule has 40 heteroatoms. The van der Waals surface area contributed by atoms with Crippen molar-refractivity contribution in [3.63, 3.8) is 0 Å². The number of thiophene rings is 4. The molecule has 0 atom stereocenters. The molecule has 0 aliphatic rings. The van der Waals surface area contributed by atoms with E-state index in [-0.39, 0.29) is 50.6 Å². The molecule has 32 nitrogen and oxygen atoms in total. The van der Waals surface area contributed by atoms with E-state index in [0.29, 0.717) is 68.5 Å². The molecule has 4 amide bonds. The number of ketones is 4. The summed E-state index contributed by atoms with van der Waals surface area (Å²) >= 11 is 2.53. The number of rotatable bonds is 24. The molecule has 0 aliphatic heterocycles. The topological polar surface area (TPSA) is 473 Å². The number of carbonyl (C=O) groups excluding carboxylic acids is 8. The first-order valence-electron chi connectivity index (χ1n) is 52.6. The molecule has 0 unspecified atom stereocenters. The molecule has 0 aliphatic carbocycles. The number of anilines is 8. The van der Waals surface area contributed by atoms with E-state index < -0.39 is 317 Å². The third kappa shape index (κ3) is 21.0. The summed E-state index contributed by atoms with van der Waals surface area (Å²) in [5.41, 5.74) is -11.1. The van der Waals surface area contributed by atoms with Crippen molar-refractivity contribution in [2.24, 2.45) is 0 Å². The number of amides is 4. The molecular formula is C80H84N12O20S8. The fourth-order valence-electron chi connectivity index (χ4n) is 10.0. The smallest absolute Gasteiger partial charge is 0.267 e. The molecule has 0 radical (unpaired) electrons. The lowest BCUT2D eigenvalue weighted by atomic mass is 10.0. The standard InChI is InChI=1S/4C20H21N3O5S2/c4*1-10-8-11(2)17(15(9-10)14(5)24)21-19(25)18-16(6-7-29-18)30(26,27)23-20-12(3)13(4)22-28-20/h4*6-9,23H,1-5H3,(H,21,25)/i1D3,2D3,3D3,5D3,9D;3D3,4D3,5D3,9D;1D3,2D3,5D3,9D;4D3,5D3,9D. The van der Waals surface area contributed by atoms with Crippen molar-refractivity contribution in [1.82, 2.24) is 20.6 Å². The minimum atomic E-state index is -4.79. The highest BCUT2D eigenvalue weighted by atomic mass is 32.2. The minimum absolute atomic E-state index is 0.0594. The second-order valence-electron chi connectivity index (χ2n) is 24.4. The first-order chi connectivity index (χ1) is 72.3. The predicted octanol–water partition coefficient (Wildman–Crippen LogP) is 16.9. The molecule has 632 valence electrons. The summed E-state index contributed by atoms with van der Waals surface area (Å²) in [7, 11) is -18.5. The first-order valence-corrected chi connectivity index (χ1v) is 42.0. The summed E-state index contributed by atoms with van der Waals surface area (Å²) in [6.45, 7) is -26.0. The van der Waals surface area contributed by atoms with Gasteiger partial charge in [0.2, 0.25) is 23.5 Å². The lowest BCUT2D eigenvalue weighted by molar-refractivity contribution is 0.100. The number of Topliss-reactive ketones (excluding diaryl/α,β-unsaturated/α-hetero) is 4. The van der Waals surface area contributed by atoms with Gasteiger partial charge in [0.1, 0.15) is 39.1 Å². The summed E-state index contributed by atoms with van der Waals surface area (Å²) in [5.74, 6) is -13.5. The van der Waals surface area contributed by atoms with Crippen molar-refractivity contribution < 1.29 is 145 Å². The van der Waals surface area contributed by atoms with Gasteiger partial charge in [0.05, 0.1) is 51.0 Å². The molecule has 12 rings (SSSR count). The Morgan fingerprint density at radius 1 is 0.325 bits per heavy atom. The Kier molecular flexibility index (Phi) is 15.8. The number of aryl methyl sites for hydroxylation is 12. The number of hydrogen-bond donors (Lipinski definition) is 8. The van der Waals surface area contributed by atoms with Gasteiger partial charge in [-0.05, 0) is 252 Å². The Hall–Kier alpha value is -11.9. The molecule has 120 heavy (non-hydrogen) atoms. The van der Waals surface area contributed by atoms with E-state index in [1.54, 1.807) is 6.92 Å². The van der Waals surface area contributed by atoms with Crippen LogP contribution >= 0.6 is 45.3 Å². The average Bonchev–Trinajstić information content (AvgIpc) is 1.68. The maximum Gasteiger partial charge on any atom is 0.267 e. The van der Waals surface area contributed by atoms with E-state index in [0.717, 1.165) is 41.0 Å². The zero-order valence-electron chi connectivity index (χ0n) is 102. The molecular weight excluding hydrogens is 1710 g/mol. The van der Waals surface area contributed by atoms with Gasteiger partial charge in [0, 0.05) is 93.9 Å². The van der Waals surface area contributed by atoms with Gasteiger partial charge in [-0.1, -0.05) is 44.9 Å². The highest BCUT2D eigenvalue weighted by molar-refractivity contribution is 7.94. The highest BCUT2D eigenvalue weighted by Crippen LogP contribution is 2.36. The van der Waals surface area contributed by atoms with E-state index in [4.69, 9.17) is 72.9 Å². The SMILES string of the molecule is [2H]c1c(C([2H])([2H])[2H])cc(C([2H])([2H])[2H])c(NC(=O)c2sccc2S(=O)(=O)Nc2onc(C)c2C([2H])([2H])[2H])c1C(=O)C([2H])([2H])[2H].[2H]c1c(C([2H])([2H])[2H])cc(C([2H])([2H])[2H])c(NC(=O)c2sccc2S(=O)(=O)Nc2onc(C)c2C)c1C(=O)C([2H])([2H])[2H].[2H]c1c(C)cc(C)c(NC(=O)c2sccc2S(=O)(=O)Nc2onc(C([2H])([2H])[2H])c2C([2H])([2H])[2H])c1C(=O)C([2H])([2H])[2H].[2H]c1c(C)cc(C)c(NC(=O)c2sccc2S(=O)(=O)Nc2onc(C([2H])([2H])[2H])c2C)c1C(=O)C([2H])([2H])[2H]. The lowest BCUT2D eigenvalue weighted by Crippen LogP contribution is -2.20. The molecule has 12 aromatic rings. The molecule has 4 aromatic carbocycles. The van der Waals surface area contributed by atoms with Gasteiger partial charge in [-0.2, -0.15) is 0 Å². The predicted molar refractivity (Wildman–Crippen MR) is 460 cm³/mol. The van der Waals surface area contributed by atoms with Crippen LogP contribution in [0.15, 0.2) is 132 Å². The summed E-state index contributed by atoms with van der Waals surface area (Å²) in [6.07, 6.45) is 0. The summed E-state index contributed by atoms with van der Waals surface area (Å²) in [6, 6.07) is 5.02. The monoisotopic (exact) mass is 1830 g/mol. The second-order valence-corrected chi connectivity index (χ2v) is 34.7. The van der Waals surface area contributed by atoms with Gasteiger partial charge in [-0.3, -0.25) is 38.4 Å². The van der Waals surface area contributed by atoms with Gasteiger partial charge in [-0.25, -0.2) is 52.6 Å². The molecule has 0 bridgehead atoms. The highest BCUT2D eigenvalue weighted by Gasteiger charge is 2.33. The van der Waals surface area contributed by atoms with Gasteiger partial charge in [0.15, 0.2) is 23.1 Å². The quantitative estimate of drug-likeness (QED) is 0.0260. The molecule has 0 saturated heterocycles. The molecule has 8 N–H and O–H groups in total. The van der Waals surface area contributed by atoms with Crippen LogP contribution < -0.4 is 40.2 Å². The van der Waals surface area contributed by atoms with Crippen molar-refractivity contribution in [1.29, 1.82) is 0 Å². The van der Waals surface area contributed by atoms with Crippen LogP contribution in [0.5, 0.6) is 0 Å². The Labute approximate surface area is 764 Å². The Bertz CT molecular complexity index is 8310. The lowest BCUT2D eigenvalue weighted by Gasteiger charge is -2.14. The number of sulfonamides is 4. The molecule has 0 saturated carbocycles. The van der Waals surface area contributed by atoms with Gasteiger partial charge >= 0.3 is 0 Å². The number of nitrogens with zero attached hydrogens (tertiary/aromatic N) is 4. The van der Waals surface area contributed by atoms with Crippen LogP contribution in [0.2, 0.25) is 0 Å². The first kappa shape index (κ1) is 50.9. The summed E-state index contributed by atoms with van der Waals surface area (Å²) < 4.78 is 438. The maximum absolute atomic E-state index is 13.4. The van der Waals surface area contributed by atoms with E-state index >= 15 is 0 Å². The van der Waals surface area contributed by atoms with E-state index in [2.05, 4.69) is 46.0 Å². The van der Waals surface area contributed by atoms with E-state index in [1.165, 1.54) is 76.7 Å². The van der Waals surface area contributed by atoms with Crippen molar-refractivity contribution in [2.75, 3.05) is 40.2 Å². The van der Waals surface area contributed by atoms with E-state index in [9.17, 15) is 72.0 Å². The molecule has 0 fully saturated rings. The Morgan fingerprint density at radius 2 is 0.575 bits per heavy atom. The van der Waals surface area contributed by atoms with Gasteiger partial charge < -0.3 is 39.4 Å². The third-order valence-electron chi connectivity index (χ3n) is 15.8. The Morgan fingerprint density at radius 3 is 0.842 bits per heavy atom. The van der Waals surface area contributed by atoms with Crippen LogP contribution in [0.25, 0.3) is 0 Å². The Balaban J connectivity index is 0.000000235. The molecule has 8 heterocycles. The average molecular weight is 1830 g/mol. The zero-order chi connectivity index (χ0) is 122. The fraction of sp³-hybridized carbons (Fsp3) is 0.250. The fourth-order valence-corrected chi connectivity index (χ4v) is 19.4. The largest absolute Gasteiger partial charge is 0.337 e. The van der Waals surface area contributed by atoms with Crippen LogP contribution in [-0.2, 0) is 40.1 Å². The van der Waals surface area contributed by atoms with Crippen LogP contribution in [0, 0.1) is 110 Å². The summed E-state index contributed by atoms with van der Waals surface area (Å²) in [4.78, 5) is 99.7. The number of aromatic nitrogens is 4. The molecule has 8 aromatic heterocycles. The van der Waals surface area contributed by atoms with Crippen LogP contribution in [0.1, 0.15) is 252 Å². The second kappa shape index (κ2) is 37.2. The zero-order valence-corrected chi connectivity index (χ0v) is 68.7. The van der Waals surface area contributed by atoms with Crippen LogP contribution in [0.4, 0.5) is 46.3 Å². The number of nitrogens with one attached hydrogen (secondary N) is 8. The van der Waals surface area contributed by atoms with Crippen LogP contribution in [-0.4, -0.2) is 101 Å². The maximum atomic E-state index is 13.4. The van der Waals surface area contributed by atoms with Crippen LogP contribution in [0.3, 0.4) is 0 Å². The van der Waals surface area contributed by atoms with Gasteiger partial charge in [-0.15, -0.1) is 45.3 Å². The van der Waals surface area contributed by atoms with Crippen molar-refractivity contribution in [3.05, 3.63) is 226 Å².